The second kappa shape index (κ2) is 12.4. The van der Waals surface area contributed by atoms with Crippen LogP contribution in [0.1, 0.15) is 97.3 Å². The normalized spacial score (nSPS) is 14.2. The quantitative estimate of drug-likeness (QED) is 0.443. The van der Waals surface area contributed by atoms with Gasteiger partial charge in [-0.2, -0.15) is 0 Å². The molecule has 0 rings (SSSR count). The van der Waals surface area contributed by atoms with Gasteiger partial charge in [-0.15, -0.1) is 0 Å². The van der Waals surface area contributed by atoms with Crippen LogP contribution in [0.15, 0.2) is 0 Å². The summed E-state index contributed by atoms with van der Waals surface area (Å²) < 4.78 is 0. The summed E-state index contributed by atoms with van der Waals surface area (Å²) in [6.07, 6.45) is 16.0. The topological polar surface area (TPSA) is 37.3 Å². The maximum absolute atomic E-state index is 11.1. The van der Waals surface area contributed by atoms with Crippen molar-refractivity contribution in [1.82, 2.24) is 0 Å². The maximum Gasteiger partial charge on any atom is 0.161 e. The van der Waals surface area contributed by atoms with Gasteiger partial charge in [0.2, 0.25) is 0 Å². The molecule has 0 bridgehead atoms. The van der Waals surface area contributed by atoms with Gasteiger partial charge in [0.25, 0.3) is 0 Å². The number of rotatable bonds is 14. The Kier molecular flexibility index (Phi) is 12.1. The number of aliphatic hydroxyl groups is 1. The van der Waals surface area contributed by atoms with Gasteiger partial charge in [-0.1, -0.05) is 84.0 Å². The molecule has 0 fully saturated rings. The van der Waals surface area contributed by atoms with Crippen LogP contribution in [0.25, 0.3) is 0 Å². The summed E-state index contributed by atoms with van der Waals surface area (Å²) in [6.45, 7) is 7.23. The Morgan fingerprint density at radius 1 is 0.850 bits per heavy atom. The van der Waals surface area contributed by atoms with E-state index >= 15 is 0 Å². The number of carbonyl (C=O) groups is 1. The number of ketones is 1. The summed E-state index contributed by atoms with van der Waals surface area (Å²) in [6, 6.07) is 0. The zero-order valence-electron chi connectivity index (χ0n) is 13.8. The summed E-state index contributed by atoms with van der Waals surface area (Å²) >= 11 is 0. The van der Waals surface area contributed by atoms with Crippen molar-refractivity contribution in [3.8, 4) is 0 Å². The first-order chi connectivity index (χ1) is 9.50. The van der Waals surface area contributed by atoms with E-state index in [9.17, 15) is 9.90 Å². The van der Waals surface area contributed by atoms with Crippen LogP contribution in [0.2, 0.25) is 0 Å². The van der Waals surface area contributed by atoms with E-state index in [1.165, 1.54) is 71.1 Å². The maximum atomic E-state index is 11.1. The number of hydrogen-bond donors (Lipinski definition) is 1. The minimum absolute atomic E-state index is 0.222. The highest BCUT2D eigenvalue weighted by Gasteiger charge is 2.25. The van der Waals surface area contributed by atoms with Crippen molar-refractivity contribution in [3.05, 3.63) is 6.92 Å². The fraction of sp³-hybridized carbons (Fsp3) is 0.889. The first-order valence-electron chi connectivity index (χ1n) is 8.59. The summed E-state index contributed by atoms with van der Waals surface area (Å²) in [7, 11) is 0. The lowest BCUT2D eigenvalue weighted by molar-refractivity contribution is -0.131. The Morgan fingerprint density at radius 2 is 1.20 bits per heavy atom. The molecule has 0 heterocycles. The van der Waals surface area contributed by atoms with Crippen LogP contribution in [0, 0.1) is 6.92 Å². The lowest BCUT2D eigenvalue weighted by Gasteiger charge is -2.18. The Labute approximate surface area is 126 Å². The van der Waals surface area contributed by atoms with Gasteiger partial charge in [-0.25, -0.2) is 0 Å². The van der Waals surface area contributed by atoms with Crippen LogP contribution in [-0.2, 0) is 4.79 Å². The lowest BCUT2D eigenvalue weighted by atomic mass is 9.94. The second-order valence-corrected chi connectivity index (χ2v) is 6.23. The molecule has 0 saturated heterocycles. The number of hydrogen-bond acceptors (Lipinski definition) is 2. The Balaban J connectivity index is 3.19. The van der Waals surface area contributed by atoms with Gasteiger partial charge >= 0.3 is 0 Å². The monoisotopic (exact) mass is 283 g/mol. The van der Waals surface area contributed by atoms with Gasteiger partial charge in [0.15, 0.2) is 5.78 Å². The van der Waals surface area contributed by atoms with E-state index in [1.807, 2.05) is 0 Å². The van der Waals surface area contributed by atoms with Gasteiger partial charge in [-0.3, -0.25) is 4.79 Å². The number of carbonyl (C=O) groups excluding carboxylic acids is 1. The van der Waals surface area contributed by atoms with E-state index in [-0.39, 0.29) is 5.78 Å². The van der Waals surface area contributed by atoms with E-state index in [0.29, 0.717) is 6.42 Å². The fourth-order valence-corrected chi connectivity index (χ4v) is 2.43. The van der Waals surface area contributed by atoms with Gasteiger partial charge < -0.3 is 5.11 Å². The van der Waals surface area contributed by atoms with E-state index < -0.39 is 5.60 Å². The molecule has 119 valence electrons. The summed E-state index contributed by atoms with van der Waals surface area (Å²) in [4.78, 5) is 11.1. The van der Waals surface area contributed by atoms with E-state index in [4.69, 9.17) is 0 Å². The molecule has 0 spiro atoms. The predicted molar refractivity (Wildman–Crippen MR) is 86.7 cm³/mol. The van der Waals surface area contributed by atoms with Crippen molar-refractivity contribution in [2.45, 2.75) is 103 Å². The highest BCUT2D eigenvalue weighted by molar-refractivity contribution is 5.85. The van der Waals surface area contributed by atoms with Crippen LogP contribution in [0.3, 0.4) is 0 Å². The Bertz CT molecular complexity index is 234. The average Bonchev–Trinajstić information content (AvgIpc) is 2.39. The highest BCUT2D eigenvalue weighted by atomic mass is 16.3. The minimum Gasteiger partial charge on any atom is -0.382 e. The van der Waals surface area contributed by atoms with Gasteiger partial charge in [0.1, 0.15) is 5.60 Å². The number of Topliss-reactive ketones (excluding diaryl/α,β-unsaturated/α-hetero) is 1. The minimum atomic E-state index is -1.35. The molecule has 20 heavy (non-hydrogen) atoms. The first-order valence-corrected chi connectivity index (χ1v) is 8.59. The predicted octanol–water partition coefficient (Wildman–Crippen LogP) is 5.23. The van der Waals surface area contributed by atoms with Crippen molar-refractivity contribution < 1.29 is 9.90 Å². The molecule has 0 aromatic heterocycles. The molecule has 0 aliphatic rings. The van der Waals surface area contributed by atoms with Crippen LogP contribution >= 0.6 is 0 Å². The third-order valence-electron chi connectivity index (χ3n) is 4.10. The molecule has 0 aliphatic carbocycles. The molecular weight excluding hydrogens is 248 g/mol. The molecule has 2 nitrogen and oxygen atoms in total. The zero-order valence-corrected chi connectivity index (χ0v) is 13.8. The fourth-order valence-electron chi connectivity index (χ4n) is 2.43. The smallest absolute Gasteiger partial charge is 0.161 e. The van der Waals surface area contributed by atoms with Gasteiger partial charge in [0, 0.05) is 0 Å². The van der Waals surface area contributed by atoms with Crippen LogP contribution in [0.4, 0.5) is 0 Å². The van der Waals surface area contributed by atoms with Gasteiger partial charge in [0.05, 0.1) is 0 Å². The molecular formula is C18H35O2. The second-order valence-electron chi connectivity index (χ2n) is 6.23. The third-order valence-corrected chi connectivity index (χ3v) is 4.10. The third kappa shape index (κ3) is 11.5. The summed E-state index contributed by atoms with van der Waals surface area (Å²) in [5.74, 6) is -0.222. The molecule has 0 aromatic carbocycles. The van der Waals surface area contributed by atoms with Crippen LogP contribution in [0.5, 0.6) is 0 Å². The highest BCUT2D eigenvalue weighted by Crippen LogP contribution is 2.17. The van der Waals surface area contributed by atoms with Crippen molar-refractivity contribution in [2.24, 2.45) is 0 Å². The van der Waals surface area contributed by atoms with Crippen molar-refractivity contribution in [3.63, 3.8) is 0 Å². The van der Waals surface area contributed by atoms with Crippen molar-refractivity contribution in [2.75, 3.05) is 0 Å². The SMILES string of the molecule is [CH2]C(O)(CCCCCCCCCCCCCC)C(C)=O. The standard InChI is InChI=1S/C18H35O2/c1-4-5-6-7-8-9-10-11-12-13-14-15-16-18(3,20)17(2)19/h20H,3-16H2,1-2H3. The molecule has 1 atom stereocenters. The molecule has 0 amide bonds. The Hall–Kier alpha value is -0.370. The largest absolute Gasteiger partial charge is 0.382 e. The van der Waals surface area contributed by atoms with E-state index in [2.05, 4.69) is 13.8 Å². The summed E-state index contributed by atoms with van der Waals surface area (Å²) in [5.41, 5.74) is -1.35. The molecule has 1 radical (unpaired) electrons. The zero-order chi connectivity index (χ0) is 15.3. The van der Waals surface area contributed by atoms with Crippen LogP contribution in [-0.4, -0.2) is 16.5 Å². The van der Waals surface area contributed by atoms with Crippen LogP contribution < -0.4 is 0 Å². The first kappa shape index (κ1) is 19.6. The average molecular weight is 283 g/mol. The van der Waals surface area contributed by atoms with E-state index in [0.717, 1.165) is 12.8 Å². The molecule has 2 heteroatoms. The van der Waals surface area contributed by atoms with Gasteiger partial charge in [-0.05, 0) is 20.3 Å². The number of unbranched alkanes of at least 4 members (excludes halogenated alkanes) is 11. The van der Waals surface area contributed by atoms with Crippen molar-refractivity contribution >= 4 is 5.78 Å². The lowest BCUT2D eigenvalue weighted by Crippen LogP contribution is -2.33. The van der Waals surface area contributed by atoms with Crippen molar-refractivity contribution in [1.29, 1.82) is 0 Å². The molecule has 0 aliphatic heterocycles. The Morgan fingerprint density at radius 3 is 1.55 bits per heavy atom. The molecule has 0 saturated carbocycles. The molecule has 0 aromatic rings. The van der Waals surface area contributed by atoms with E-state index in [1.54, 1.807) is 0 Å². The molecule has 1 unspecified atom stereocenters. The molecule has 1 N–H and O–H groups in total. The summed E-state index contributed by atoms with van der Waals surface area (Å²) in [5, 5.41) is 9.69.